The summed E-state index contributed by atoms with van der Waals surface area (Å²) >= 11 is 1.34. The maximum absolute atomic E-state index is 13.6. The molecule has 1 atom stereocenters. The molecule has 0 fully saturated rings. The molecule has 1 N–H and O–H groups in total. The van der Waals surface area contributed by atoms with E-state index in [4.69, 9.17) is 0 Å². The molecule has 0 radical (unpaired) electrons. The highest BCUT2D eigenvalue weighted by Crippen LogP contribution is 2.20. The van der Waals surface area contributed by atoms with Crippen molar-refractivity contribution in [2.45, 2.75) is 12.6 Å². The number of rotatable bonds is 3. The molecule has 0 saturated carbocycles. The number of aliphatic hydroxyl groups excluding tert-OH is 1. The first kappa shape index (κ1) is 13.8. The highest BCUT2D eigenvalue weighted by Gasteiger charge is 2.15. The molecular weight excluding hydrogens is 298 g/mol. The smallest absolute Gasteiger partial charge is 0.262 e. The van der Waals surface area contributed by atoms with Gasteiger partial charge in [0.25, 0.3) is 5.56 Å². The SMILES string of the molecule is O=c1c2ccsc2ncn1CC(O)c1ccc(F)cc1F. The van der Waals surface area contributed by atoms with Crippen molar-refractivity contribution >= 4 is 21.6 Å². The van der Waals surface area contributed by atoms with Crippen LogP contribution in [0, 0.1) is 11.6 Å². The van der Waals surface area contributed by atoms with Crippen molar-refractivity contribution in [3.63, 3.8) is 0 Å². The lowest BCUT2D eigenvalue weighted by molar-refractivity contribution is 0.150. The van der Waals surface area contributed by atoms with Gasteiger partial charge >= 0.3 is 0 Å². The Morgan fingerprint density at radius 1 is 1.33 bits per heavy atom. The number of hydrogen-bond donors (Lipinski definition) is 1. The van der Waals surface area contributed by atoms with Gasteiger partial charge in [0.1, 0.15) is 16.5 Å². The topological polar surface area (TPSA) is 55.1 Å². The fourth-order valence-corrected chi connectivity index (χ4v) is 2.80. The van der Waals surface area contributed by atoms with Gasteiger partial charge in [-0.2, -0.15) is 0 Å². The first-order valence-electron chi connectivity index (χ1n) is 6.12. The van der Waals surface area contributed by atoms with Crippen LogP contribution < -0.4 is 5.56 Å². The van der Waals surface area contributed by atoms with Crippen LogP contribution in [0.25, 0.3) is 10.2 Å². The van der Waals surface area contributed by atoms with Crippen LogP contribution in [0.3, 0.4) is 0 Å². The number of nitrogens with zero attached hydrogens (tertiary/aromatic N) is 2. The summed E-state index contributed by atoms with van der Waals surface area (Å²) in [4.78, 5) is 16.9. The van der Waals surface area contributed by atoms with E-state index in [1.165, 1.54) is 22.2 Å². The van der Waals surface area contributed by atoms with Gasteiger partial charge in [-0.3, -0.25) is 9.36 Å². The Morgan fingerprint density at radius 3 is 2.90 bits per heavy atom. The minimum absolute atomic E-state index is 0.0614. The van der Waals surface area contributed by atoms with Crippen LogP contribution in [0.2, 0.25) is 0 Å². The average Bonchev–Trinajstić information content (AvgIpc) is 2.91. The zero-order valence-corrected chi connectivity index (χ0v) is 11.5. The zero-order valence-electron chi connectivity index (χ0n) is 10.7. The minimum Gasteiger partial charge on any atom is -0.386 e. The third-order valence-electron chi connectivity index (χ3n) is 3.14. The van der Waals surface area contributed by atoms with Crippen LogP contribution in [0.4, 0.5) is 8.78 Å². The van der Waals surface area contributed by atoms with E-state index in [0.29, 0.717) is 16.3 Å². The summed E-state index contributed by atoms with van der Waals surface area (Å²) in [5, 5.41) is 12.2. The summed E-state index contributed by atoms with van der Waals surface area (Å²) in [6.07, 6.45) is 0.0485. The summed E-state index contributed by atoms with van der Waals surface area (Å²) in [5.41, 5.74) is -0.364. The Kier molecular flexibility index (Phi) is 3.52. The molecule has 1 unspecified atom stereocenters. The molecule has 0 saturated heterocycles. The van der Waals surface area contributed by atoms with Gasteiger partial charge in [0.2, 0.25) is 0 Å². The van der Waals surface area contributed by atoms with Crippen LogP contribution in [0.5, 0.6) is 0 Å². The second-order valence-corrected chi connectivity index (χ2v) is 5.42. The fraction of sp³-hybridized carbons (Fsp3) is 0.143. The summed E-state index contributed by atoms with van der Waals surface area (Å²) < 4.78 is 27.7. The Hall–Kier alpha value is -2.12. The fourth-order valence-electron chi connectivity index (χ4n) is 2.08. The molecule has 108 valence electrons. The van der Waals surface area contributed by atoms with E-state index < -0.39 is 17.7 Å². The second-order valence-electron chi connectivity index (χ2n) is 4.52. The van der Waals surface area contributed by atoms with E-state index >= 15 is 0 Å². The molecule has 0 amide bonds. The molecule has 0 bridgehead atoms. The quantitative estimate of drug-likeness (QED) is 0.808. The summed E-state index contributed by atoms with van der Waals surface area (Å²) in [7, 11) is 0. The molecule has 2 heterocycles. The normalized spacial score (nSPS) is 12.7. The predicted molar refractivity (Wildman–Crippen MR) is 75.2 cm³/mol. The lowest BCUT2D eigenvalue weighted by Crippen LogP contribution is -2.23. The van der Waals surface area contributed by atoms with E-state index in [0.717, 1.165) is 12.1 Å². The molecule has 4 nitrogen and oxygen atoms in total. The van der Waals surface area contributed by atoms with Gasteiger partial charge in [-0.25, -0.2) is 13.8 Å². The van der Waals surface area contributed by atoms with Crippen molar-refractivity contribution < 1.29 is 13.9 Å². The first-order valence-corrected chi connectivity index (χ1v) is 7.00. The van der Waals surface area contributed by atoms with Gasteiger partial charge in [-0.15, -0.1) is 11.3 Å². The van der Waals surface area contributed by atoms with Gasteiger partial charge in [-0.1, -0.05) is 6.07 Å². The molecule has 7 heteroatoms. The molecule has 3 aromatic rings. The first-order chi connectivity index (χ1) is 10.1. The lowest BCUT2D eigenvalue weighted by Gasteiger charge is -2.13. The van der Waals surface area contributed by atoms with E-state index in [1.54, 1.807) is 11.4 Å². The third kappa shape index (κ3) is 2.57. The lowest BCUT2D eigenvalue weighted by atomic mass is 10.1. The van der Waals surface area contributed by atoms with Crippen molar-refractivity contribution in [1.82, 2.24) is 9.55 Å². The Labute approximate surface area is 121 Å². The summed E-state index contributed by atoms with van der Waals surface area (Å²) in [6.45, 7) is -0.153. The van der Waals surface area contributed by atoms with E-state index in [9.17, 15) is 18.7 Å². The monoisotopic (exact) mass is 308 g/mol. The number of benzene rings is 1. The molecule has 0 aliphatic heterocycles. The molecular formula is C14H10F2N2O2S. The van der Waals surface area contributed by atoms with Gasteiger partial charge in [0.15, 0.2) is 0 Å². The second kappa shape index (κ2) is 5.34. The molecule has 21 heavy (non-hydrogen) atoms. The van der Waals surface area contributed by atoms with Crippen molar-refractivity contribution in [1.29, 1.82) is 0 Å². The van der Waals surface area contributed by atoms with Crippen molar-refractivity contribution in [2.75, 3.05) is 0 Å². The third-order valence-corrected chi connectivity index (χ3v) is 3.96. The number of aromatic nitrogens is 2. The Balaban J connectivity index is 1.94. The van der Waals surface area contributed by atoms with Gasteiger partial charge in [-0.05, 0) is 17.5 Å². The standard InChI is InChI=1S/C14H10F2N2O2S/c15-8-1-2-9(11(16)5-8)12(19)6-18-7-17-13-10(14(18)20)3-4-21-13/h1-5,7,12,19H,6H2. The van der Waals surface area contributed by atoms with Crippen LogP contribution >= 0.6 is 11.3 Å². The zero-order chi connectivity index (χ0) is 15.0. The van der Waals surface area contributed by atoms with Gasteiger partial charge in [0.05, 0.1) is 24.4 Å². The number of halogens is 2. The van der Waals surface area contributed by atoms with Crippen molar-refractivity contribution in [2.24, 2.45) is 0 Å². The Bertz CT molecular complexity index is 860. The number of fused-ring (bicyclic) bond motifs is 1. The summed E-state index contributed by atoms with van der Waals surface area (Å²) in [5.74, 6) is -1.57. The van der Waals surface area contributed by atoms with Crippen LogP contribution in [0.1, 0.15) is 11.7 Å². The van der Waals surface area contributed by atoms with Crippen LogP contribution in [0.15, 0.2) is 40.8 Å². The molecule has 0 aliphatic carbocycles. The maximum Gasteiger partial charge on any atom is 0.262 e. The van der Waals surface area contributed by atoms with Crippen LogP contribution in [-0.2, 0) is 6.54 Å². The molecule has 0 aliphatic rings. The average molecular weight is 308 g/mol. The van der Waals surface area contributed by atoms with Crippen molar-refractivity contribution in [3.05, 3.63) is 63.5 Å². The molecule has 3 rings (SSSR count). The maximum atomic E-state index is 13.6. The van der Waals surface area contributed by atoms with E-state index in [2.05, 4.69) is 4.98 Å². The van der Waals surface area contributed by atoms with Gasteiger partial charge < -0.3 is 5.11 Å². The largest absolute Gasteiger partial charge is 0.386 e. The number of aliphatic hydroxyl groups is 1. The highest BCUT2D eigenvalue weighted by atomic mass is 32.1. The van der Waals surface area contributed by atoms with E-state index in [1.807, 2.05) is 0 Å². The predicted octanol–water partition coefficient (Wildman–Crippen LogP) is 2.47. The van der Waals surface area contributed by atoms with Gasteiger partial charge in [0, 0.05) is 11.6 Å². The number of thiophene rings is 1. The van der Waals surface area contributed by atoms with Crippen LogP contribution in [-0.4, -0.2) is 14.7 Å². The van der Waals surface area contributed by atoms with Crippen molar-refractivity contribution in [3.8, 4) is 0 Å². The summed E-state index contributed by atoms with van der Waals surface area (Å²) in [6, 6.07) is 4.57. The molecule has 0 spiro atoms. The minimum atomic E-state index is -1.26. The van der Waals surface area contributed by atoms with E-state index in [-0.39, 0.29) is 17.7 Å². The molecule has 1 aromatic carbocycles. The Morgan fingerprint density at radius 2 is 2.14 bits per heavy atom. The number of hydrogen-bond acceptors (Lipinski definition) is 4. The highest BCUT2D eigenvalue weighted by molar-refractivity contribution is 7.16. The molecule has 2 aromatic heterocycles.